The fourth-order valence-corrected chi connectivity index (χ4v) is 3.43. The molecule has 3 nitrogen and oxygen atoms in total. The van der Waals surface area contributed by atoms with Gasteiger partial charge >= 0.3 is 0 Å². The number of hydrogen-bond donors (Lipinski definition) is 1. The minimum absolute atomic E-state index is 0.692. The van der Waals surface area contributed by atoms with Crippen LogP contribution in [0, 0.1) is 0 Å². The van der Waals surface area contributed by atoms with E-state index in [0.717, 1.165) is 23.5 Å². The summed E-state index contributed by atoms with van der Waals surface area (Å²) in [4.78, 5) is 0.793. The zero-order chi connectivity index (χ0) is 12.5. The number of nitrogens with two attached hydrogens (primary N) is 1. The second-order valence-corrected chi connectivity index (χ2v) is 5.71. The fraction of sp³-hybridized carbons (Fsp3) is 0.143. The van der Waals surface area contributed by atoms with Crippen molar-refractivity contribution in [1.82, 2.24) is 0 Å². The molecule has 2 N–H and O–H groups in total. The van der Waals surface area contributed by atoms with Crippen LogP contribution in [0.1, 0.15) is 5.56 Å². The molecule has 2 aromatic rings. The van der Waals surface area contributed by atoms with Crippen molar-refractivity contribution in [2.45, 2.75) is 11.3 Å². The lowest BCUT2D eigenvalue weighted by atomic mass is 10.2. The first kappa shape index (κ1) is 11.3. The summed E-state index contributed by atoms with van der Waals surface area (Å²) in [5.74, 6) is 0. The van der Waals surface area contributed by atoms with Crippen molar-refractivity contribution in [2.75, 3.05) is 16.6 Å². The van der Waals surface area contributed by atoms with Gasteiger partial charge in [-0.1, -0.05) is 18.2 Å². The SMILES string of the molecule is Nc1ccc(S(=O)N2CCc3ccccc32)cc1. The highest BCUT2D eigenvalue weighted by molar-refractivity contribution is 7.86. The molecular weight excluding hydrogens is 244 g/mol. The van der Waals surface area contributed by atoms with E-state index in [4.69, 9.17) is 5.73 Å². The Balaban J connectivity index is 1.93. The molecule has 0 saturated heterocycles. The van der Waals surface area contributed by atoms with E-state index in [9.17, 15) is 4.21 Å². The number of hydrogen-bond acceptors (Lipinski definition) is 2. The van der Waals surface area contributed by atoms with Gasteiger partial charge in [-0.3, -0.25) is 4.31 Å². The molecule has 1 aliphatic heterocycles. The number of rotatable bonds is 2. The molecule has 1 aliphatic rings. The number of anilines is 2. The van der Waals surface area contributed by atoms with Crippen molar-refractivity contribution >= 4 is 22.4 Å². The first-order chi connectivity index (χ1) is 8.75. The van der Waals surface area contributed by atoms with Crippen LogP contribution in [-0.4, -0.2) is 10.8 Å². The minimum Gasteiger partial charge on any atom is -0.399 e. The smallest absolute Gasteiger partial charge is 0.152 e. The average molecular weight is 258 g/mol. The van der Waals surface area contributed by atoms with Crippen LogP contribution in [0.2, 0.25) is 0 Å². The Morgan fingerprint density at radius 2 is 1.78 bits per heavy atom. The quantitative estimate of drug-likeness (QED) is 0.840. The Hall–Kier alpha value is -1.81. The molecule has 0 fully saturated rings. The van der Waals surface area contributed by atoms with E-state index in [0.29, 0.717) is 5.69 Å². The van der Waals surface area contributed by atoms with E-state index in [1.54, 1.807) is 12.1 Å². The minimum atomic E-state index is -1.15. The lowest BCUT2D eigenvalue weighted by molar-refractivity contribution is 0.680. The molecule has 0 aliphatic carbocycles. The molecule has 0 aromatic heterocycles. The van der Waals surface area contributed by atoms with Gasteiger partial charge in [-0.25, -0.2) is 4.21 Å². The Morgan fingerprint density at radius 3 is 2.56 bits per heavy atom. The largest absolute Gasteiger partial charge is 0.399 e. The first-order valence-electron chi connectivity index (χ1n) is 5.88. The molecule has 0 spiro atoms. The molecule has 1 atom stereocenters. The maximum Gasteiger partial charge on any atom is 0.152 e. The lowest BCUT2D eigenvalue weighted by Crippen LogP contribution is -2.23. The standard InChI is InChI=1S/C14H14N2OS/c15-12-5-7-13(8-6-12)18(17)16-10-9-11-3-1-2-4-14(11)16/h1-8H,9-10,15H2. The van der Waals surface area contributed by atoms with Gasteiger partial charge in [0, 0.05) is 12.2 Å². The number of para-hydroxylation sites is 1. The van der Waals surface area contributed by atoms with Crippen LogP contribution in [0.4, 0.5) is 11.4 Å². The third-order valence-electron chi connectivity index (χ3n) is 3.13. The van der Waals surface area contributed by atoms with Gasteiger partial charge < -0.3 is 5.73 Å². The Labute approximate surface area is 109 Å². The van der Waals surface area contributed by atoms with Gasteiger partial charge in [0.25, 0.3) is 0 Å². The Morgan fingerprint density at radius 1 is 1.06 bits per heavy atom. The number of nitrogen functional groups attached to an aromatic ring is 1. The van der Waals surface area contributed by atoms with E-state index in [1.807, 2.05) is 34.6 Å². The van der Waals surface area contributed by atoms with E-state index >= 15 is 0 Å². The number of benzene rings is 2. The van der Waals surface area contributed by atoms with Gasteiger partial charge in [0.2, 0.25) is 0 Å². The Bertz CT molecular complexity index is 595. The molecular formula is C14H14N2OS. The normalized spacial score (nSPS) is 15.4. The molecule has 0 amide bonds. The molecule has 1 unspecified atom stereocenters. The third-order valence-corrected chi connectivity index (χ3v) is 4.58. The van der Waals surface area contributed by atoms with Crippen LogP contribution in [0.25, 0.3) is 0 Å². The van der Waals surface area contributed by atoms with Gasteiger partial charge in [0.15, 0.2) is 11.0 Å². The van der Waals surface area contributed by atoms with E-state index < -0.39 is 11.0 Å². The molecule has 92 valence electrons. The maximum absolute atomic E-state index is 12.5. The van der Waals surface area contributed by atoms with Gasteiger partial charge in [0.1, 0.15) is 0 Å². The predicted molar refractivity (Wildman–Crippen MR) is 74.8 cm³/mol. The Kier molecular flexibility index (Phi) is 2.80. The van der Waals surface area contributed by atoms with Crippen LogP contribution in [0.15, 0.2) is 53.4 Å². The molecule has 0 saturated carbocycles. The third kappa shape index (κ3) is 1.88. The van der Waals surface area contributed by atoms with E-state index in [1.165, 1.54) is 5.56 Å². The van der Waals surface area contributed by atoms with Crippen LogP contribution >= 0.6 is 0 Å². The van der Waals surface area contributed by atoms with Gasteiger partial charge in [0.05, 0.1) is 10.6 Å². The van der Waals surface area contributed by atoms with Crippen LogP contribution in [-0.2, 0) is 17.4 Å². The zero-order valence-electron chi connectivity index (χ0n) is 9.87. The zero-order valence-corrected chi connectivity index (χ0v) is 10.7. The lowest BCUT2D eigenvalue weighted by Gasteiger charge is -2.18. The van der Waals surface area contributed by atoms with Gasteiger partial charge in [-0.15, -0.1) is 0 Å². The van der Waals surface area contributed by atoms with Crippen LogP contribution in [0.5, 0.6) is 0 Å². The van der Waals surface area contributed by atoms with Crippen LogP contribution in [0.3, 0.4) is 0 Å². The molecule has 2 aromatic carbocycles. The van der Waals surface area contributed by atoms with Crippen molar-refractivity contribution in [3.63, 3.8) is 0 Å². The predicted octanol–water partition coefficient (Wildman–Crippen LogP) is 2.35. The van der Waals surface area contributed by atoms with Crippen molar-refractivity contribution in [3.05, 3.63) is 54.1 Å². The fourth-order valence-electron chi connectivity index (χ4n) is 2.19. The average Bonchev–Trinajstić information content (AvgIpc) is 2.82. The summed E-state index contributed by atoms with van der Waals surface area (Å²) >= 11 is 0. The highest BCUT2D eigenvalue weighted by Crippen LogP contribution is 2.30. The summed E-state index contributed by atoms with van der Waals surface area (Å²) in [6.07, 6.45) is 0.955. The summed E-state index contributed by atoms with van der Waals surface area (Å²) < 4.78 is 14.5. The molecule has 3 rings (SSSR count). The van der Waals surface area contributed by atoms with E-state index in [-0.39, 0.29) is 0 Å². The summed E-state index contributed by atoms with van der Waals surface area (Å²) in [5.41, 5.74) is 8.68. The summed E-state index contributed by atoms with van der Waals surface area (Å²) in [6, 6.07) is 15.3. The molecule has 0 radical (unpaired) electrons. The summed E-state index contributed by atoms with van der Waals surface area (Å²) in [7, 11) is -1.15. The highest BCUT2D eigenvalue weighted by atomic mass is 32.2. The second kappa shape index (κ2) is 4.46. The second-order valence-electron chi connectivity index (χ2n) is 4.30. The summed E-state index contributed by atoms with van der Waals surface area (Å²) in [5, 5.41) is 0. The van der Waals surface area contributed by atoms with Crippen LogP contribution < -0.4 is 10.0 Å². The molecule has 1 heterocycles. The van der Waals surface area contributed by atoms with Gasteiger partial charge in [-0.05, 0) is 42.3 Å². The maximum atomic E-state index is 12.5. The highest BCUT2D eigenvalue weighted by Gasteiger charge is 2.23. The molecule has 18 heavy (non-hydrogen) atoms. The molecule has 4 heteroatoms. The number of fused-ring (bicyclic) bond motifs is 1. The topological polar surface area (TPSA) is 46.3 Å². The first-order valence-corrected chi connectivity index (χ1v) is 6.99. The van der Waals surface area contributed by atoms with Crippen molar-refractivity contribution in [2.24, 2.45) is 0 Å². The van der Waals surface area contributed by atoms with E-state index in [2.05, 4.69) is 6.07 Å². The van der Waals surface area contributed by atoms with Gasteiger partial charge in [-0.2, -0.15) is 0 Å². The summed E-state index contributed by atoms with van der Waals surface area (Å²) in [6.45, 7) is 0.802. The van der Waals surface area contributed by atoms with Crippen molar-refractivity contribution in [1.29, 1.82) is 0 Å². The number of nitrogens with zero attached hydrogens (tertiary/aromatic N) is 1. The van der Waals surface area contributed by atoms with Crippen molar-refractivity contribution < 1.29 is 4.21 Å². The van der Waals surface area contributed by atoms with Crippen molar-refractivity contribution in [3.8, 4) is 0 Å². The molecule has 0 bridgehead atoms. The monoisotopic (exact) mass is 258 g/mol.